The first-order chi connectivity index (χ1) is 12.5. The minimum Gasteiger partial charge on any atom is -0.323 e. The van der Waals surface area contributed by atoms with Crippen LogP contribution in [0.4, 0.5) is 16.0 Å². The van der Waals surface area contributed by atoms with E-state index in [1.807, 2.05) is 0 Å². The van der Waals surface area contributed by atoms with Gasteiger partial charge in [-0.1, -0.05) is 29.3 Å². The van der Waals surface area contributed by atoms with Gasteiger partial charge in [0.2, 0.25) is 5.95 Å². The summed E-state index contributed by atoms with van der Waals surface area (Å²) in [5.41, 5.74) is 0.539. The van der Waals surface area contributed by atoms with Crippen molar-refractivity contribution in [2.75, 3.05) is 5.32 Å². The second-order valence-corrected chi connectivity index (χ2v) is 7.14. The van der Waals surface area contributed by atoms with Gasteiger partial charge in [-0.15, -0.1) is 22.0 Å². The quantitative estimate of drug-likeness (QED) is 0.619. The number of thioether (sulfide) groups is 1. The van der Waals surface area contributed by atoms with Crippen LogP contribution in [0.15, 0.2) is 52.2 Å². The molecule has 0 aliphatic rings. The van der Waals surface area contributed by atoms with Crippen molar-refractivity contribution in [1.82, 2.24) is 14.8 Å². The van der Waals surface area contributed by atoms with Crippen molar-refractivity contribution >= 4 is 46.6 Å². The Labute approximate surface area is 163 Å². The number of anilines is 2. The molecule has 0 saturated heterocycles. The van der Waals surface area contributed by atoms with Crippen LogP contribution in [0.25, 0.3) is 0 Å². The number of nitrogens with zero attached hydrogens (tertiary/aromatic N) is 3. The highest BCUT2D eigenvalue weighted by molar-refractivity contribution is 7.98. The summed E-state index contributed by atoms with van der Waals surface area (Å²) in [5.74, 6) is 0.263. The molecule has 2 aromatic carbocycles. The molecule has 1 N–H and O–H groups in total. The van der Waals surface area contributed by atoms with Crippen LogP contribution in [-0.4, -0.2) is 14.8 Å². The molecule has 1 heterocycles. The van der Waals surface area contributed by atoms with Gasteiger partial charge < -0.3 is 5.32 Å². The largest absolute Gasteiger partial charge is 0.323 e. The fourth-order valence-corrected chi connectivity index (χ4v) is 3.27. The molecule has 9 heteroatoms. The maximum atomic E-state index is 12.9. The number of rotatable bonds is 5. The Balaban J connectivity index is 1.79. The van der Waals surface area contributed by atoms with E-state index in [1.165, 1.54) is 28.5 Å². The first-order valence-corrected chi connectivity index (χ1v) is 9.22. The summed E-state index contributed by atoms with van der Waals surface area (Å²) in [6.07, 6.45) is 0. The molecule has 0 saturated carbocycles. The molecule has 0 aliphatic heterocycles. The summed E-state index contributed by atoms with van der Waals surface area (Å²) in [7, 11) is 1.59. The minimum absolute atomic E-state index is 0.245. The Morgan fingerprint density at radius 3 is 2.62 bits per heavy atom. The number of hydrogen-bond donors (Lipinski definition) is 1. The van der Waals surface area contributed by atoms with Crippen molar-refractivity contribution in [2.24, 2.45) is 7.05 Å². The molecular formula is C17H13Cl2FN4OS. The molecule has 0 amide bonds. The van der Waals surface area contributed by atoms with Gasteiger partial charge in [0.05, 0.1) is 15.7 Å². The van der Waals surface area contributed by atoms with E-state index in [0.29, 0.717) is 27.2 Å². The van der Waals surface area contributed by atoms with Gasteiger partial charge in [-0.3, -0.25) is 9.36 Å². The fourth-order valence-electron chi connectivity index (χ4n) is 2.11. The van der Waals surface area contributed by atoms with Crippen molar-refractivity contribution < 1.29 is 4.39 Å². The minimum atomic E-state index is -0.305. The highest BCUT2D eigenvalue weighted by atomic mass is 35.5. The van der Waals surface area contributed by atoms with Crippen LogP contribution in [0.2, 0.25) is 10.0 Å². The summed E-state index contributed by atoms with van der Waals surface area (Å²) in [5, 5.41) is 11.7. The van der Waals surface area contributed by atoms with Gasteiger partial charge >= 0.3 is 0 Å². The van der Waals surface area contributed by atoms with Gasteiger partial charge in [-0.25, -0.2) is 4.39 Å². The molecule has 0 atom stereocenters. The van der Waals surface area contributed by atoms with Crippen LogP contribution in [0.5, 0.6) is 0 Å². The molecule has 26 heavy (non-hydrogen) atoms. The normalized spacial score (nSPS) is 10.8. The van der Waals surface area contributed by atoms with Crippen LogP contribution in [-0.2, 0) is 12.8 Å². The third kappa shape index (κ3) is 4.17. The SMILES string of the molecule is Cn1c(Nc2cccc(Cl)c2Cl)nnc(CSc2ccc(F)cc2)c1=O. The topological polar surface area (TPSA) is 59.8 Å². The summed E-state index contributed by atoms with van der Waals surface area (Å²) in [6, 6.07) is 11.1. The van der Waals surface area contributed by atoms with Gasteiger partial charge in [-0.2, -0.15) is 0 Å². The lowest BCUT2D eigenvalue weighted by Gasteiger charge is -2.12. The predicted octanol–water partition coefficient (Wildman–Crippen LogP) is 4.66. The second-order valence-electron chi connectivity index (χ2n) is 5.30. The van der Waals surface area contributed by atoms with Crippen LogP contribution >= 0.6 is 35.0 Å². The van der Waals surface area contributed by atoms with E-state index >= 15 is 0 Å². The number of aromatic nitrogens is 3. The van der Waals surface area contributed by atoms with E-state index in [2.05, 4.69) is 15.5 Å². The van der Waals surface area contributed by atoms with Crippen molar-refractivity contribution in [2.45, 2.75) is 10.6 Å². The number of hydrogen-bond acceptors (Lipinski definition) is 5. The molecule has 0 spiro atoms. The van der Waals surface area contributed by atoms with Crippen LogP contribution in [0, 0.1) is 5.82 Å². The molecule has 3 rings (SSSR count). The molecule has 1 aromatic heterocycles. The third-order valence-electron chi connectivity index (χ3n) is 3.52. The van der Waals surface area contributed by atoms with E-state index in [-0.39, 0.29) is 17.3 Å². The lowest BCUT2D eigenvalue weighted by Crippen LogP contribution is -2.26. The van der Waals surface area contributed by atoms with Crippen LogP contribution in [0.3, 0.4) is 0 Å². The summed E-state index contributed by atoms with van der Waals surface area (Å²) >= 11 is 13.5. The molecule has 0 fully saturated rings. The average Bonchev–Trinajstić information content (AvgIpc) is 2.63. The van der Waals surface area contributed by atoms with Gasteiger partial charge in [0, 0.05) is 17.7 Å². The highest BCUT2D eigenvalue weighted by Crippen LogP contribution is 2.31. The Kier molecular flexibility index (Phi) is 5.80. The summed E-state index contributed by atoms with van der Waals surface area (Å²) in [6.45, 7) is 0. The maximum absolute atomic E-state index is 12.9. The Morgan fingerprint density at radius 1 is 1.15 bits per heavy atom. The highest BCUT2D eigenvalue weighted by Gasteiger charge is 2.12. The molecular weight excluding hydrogens is 398 g/mol. The molecule has 3 aromatic rings. The fraction of sp³-hybridized carbons (Fsp3) is 0.118. The lowest BCUT2D eigenvalue weighted by molar-refractivity contribution is 0.626. The van der Waals surface area contributed by atoms with Gasteiger partial charge in [0.15, 0.2) is 0 Å². The third-order valence-corrected chi connectivity index (χ3v) is 5.36. The Morgan fingerprint density at radius 2 is 1.88 bits per heavy atom. The monoisotopic (exact) mass is 410 g/mol. The molecule has 0 bridgehead atoms. The van der Waals surface area contributed by atoms with E-state index in [1.54, 1.807) is 37.4 Å². The van der Waals surface area contributed by atoms with Gasteiger partial charge in [-0.05, 0) is 36.4 Å². The lowest BCUT2D eigenvalue weighted by atomic mass is 10.3. The van der Waals surface area contributed by atoms with Crippen LogP contribution in [0.1, 0.15) is 5.69 Å². The number of benzene rings is 2. The number of nitrogens with one attached hydrogen (secondary N) is 1. The van der Waals surface area contributed by atoms with Gasteiger partial charge in [0.25, 0.3) is 5.56 Å². The first kappa shape index (κ1) is 18.7. The Bertz CT molecular complexity index is 995. The van der Waals surface area contributed by atoms with E-state index < -0.39 is 0 Å². The van der Waals surface area contributed by atoms with Crippen molar-refractivity contribution in [3.8, 4) is 0 Å². The Hall–Kier alpha value is -2.09. The second kappa shape index (κ2) is 8.07. The molecule has 0 aliphatic carbocycles. The average molecular weight is 411 g/mol. The van der Waals surface area contributed by atoms with E-state index in [9.17, 15) is 9.18 Å². The van der Waals surface area contributed by atoms with E-state index in [4.69, 9.17) is 23.2 Å². The van der Waals surface area contributed by atoms with Crippen molar-refractivity contribution in [1.29, 1.82) is 0 Å². The van der Waals surface area contributed by atoms with Crippen molar-refractivity contribution in [3.63, 3.8) is 0 Å². The first-order valence-electron chi connectivity index (χ1n) is 7.47. The molecule has 0 unspecified atom stereocenters. The molecule has 134 valence electrons. The molecule has 0 radical (unpaired) electrons. The zero-order valence-corrected chi connectivity index (χ0v) is 15.9. The van der Waals surface area contributed by atoms with Crippen LogP contribution < -0.4 is 10.9 Å². The predicted molar refractivity (Wildman–Crippen MR) is 103 cm³/mol. The standard InChI is InChI=1S/C17H13Cl2FN4OS/c1-24-16(25)14(9-26-11-7-5-10(20)6-8-11)22-23-17(24)21-13-4-2-3-12(18)15(13)19/h2-8H,9H2,1H3,(H,21,23). The summed E-state index contributed by atoms with van der Waals surface area (Å²) in [4.78, 5) is 13.3. The maximum Gasteiger partial charge on any atom is 0.277 e. The summed E-state index contributed by atoms with van der Waals surface area (Å²) < 4.78 is 14.3. The zero-order chi connectivity index (χ0) is 18.7. The van der Waals surface area contributed by atoms with E-state index in [0.717, 1.165) is 4.90 Å². The number of halogens is 3. The smallest absolute Gasteiger partial charge is 0.277 e. The zero-order valence-electron chi connectivity index (χ0n) is 13.5. The van der Waals surface area contributed by atoms with Gasteiger partial charge in [0.1, 0.15) is 11.5 Å². The molecule has 5 nitrogen and oxygen atoms in total. The van der Waals surface area contributed by atoms with Crippen molar-refractivity contribution in [3.05, 3.63) is 74.4 Å².